The molecule has 0 aliphatic carbocycles. The third kappa shape index (κ3) is 5.87. The summed E-state index contributed by atoms with van der Waals surface area (Å²) >= 11 is 0. The first kappa shape index (κ1) is 22.9. The fourth-order valence-corrected chi connectivity index (χ4v) is 3.05. The molecule has 32 heavy (non-hydrogen) atoms. The third-order valence-corrected chi connectivity index (χ3v) is 4.84. The summed E-state index contributed by atoms with van der Waals surface area (Å²) in [6.45, 7) is 1.89. The van der Waals surface area contributed by atoms with E-state index >= 15 is 0 Å². The first-order valence-electron chi connectivity index (χ1n) is 9.72. The number of nitrogens with one attached hydrogen (secondary N) is 3. The zero-order valence-corrected chi connectivity index (χ0v) is 17.2. The van der Waals surface area contributed by atoms with Crippen molar-refractivity contribution in [3.63, 3.8) is 0 Å². The molecule has 0 bridgehead atoms. The molecule has 0 spiro atoms. The number of halogens is 3. The first-order valence-corrected chi connectivity index (χ1v) is 9.72. The molecule has 0 saturated carbocycles. The molecule has 1 aromatic carbocycles. The Morgan fingerprint density at radius 2 is 1.78 bits per heavy atom. The predicted molar refractivity (Wildman–Crippen MR) is 112 cm³/mol. The lowest BCUT2D eigenvalue weighted by atomic mass is 10.0. The van der Waals surface area contributed by atoms with Crippen LogP contribution >= 0.6 is 0 Å². The van der Waals surface area contributed by atoms with E-state index in [9.17, 15) is 22.8 Å². The maximum Gasteiger partial charge on any atom is 0.416 e. The monoisotopic (exact) mass is 445 g/mol. The van der Waals surface area contributed by atoms with E-state index in [1.807, 2.05) is 0 Å². The number of amides is 2. The second kappa shape index (κ2) is 9.54. The molecule has 168 valence electrons. The minimum atomic E-state index is -4.46. The van der Waals surface area contributed by atoms with Crippen LogP contribution in [-0.4, -0.2) is 27.8 Å². The van der Waals surface area contributed by atoms with E-state index in [1.54, 1.807) is 31.3 Å². The molecule has 3 aromatic rings. The molecular weight excluding hydrogens is 423 g/mol. The number of anilines is 1. The highest BCUT2D eigenvalue weighted by Gasteiger charge is 2.30. The highest BCUT2D eigenvalue weighted by molar-refractivity contribution is 5.97. The van der Waals surface area contributed by atoms with Crippen molar-refractivity contribution in [3.05, 3.63) is 82.8 Å². The van der Waals surface area contributed by atoms with Gasteiger partial charge in [0.1, 0.15) is 17.6 Å². The lowest BCUT2D eigenvalue weighted by molar-refractivity contribution is -0.137. The highest BCUT2D eigenvalue weighted by atomic mass is 19.4. The van der Waals surface area contributed by atoms with Gasteiger partial charge in [0.25, 0.3) is 5.91 Å². The van der Waals surface area contributed by atoms with Crippen LogP contribution in [-0.2, 0) is 23.9 Å². The van der Waals surface area contributed by atoms with Crippen molar-refractivity contribution in [1.29, 1.82) is 0 Å². The van der Waals surface area contributed by atoms with Crippen molar-refractivity contribution in [2.45, 2.75) is 32.1 Å². The summed E-state index contributed by atoms with van der Waals surface area (Å²) in [6, 6.07) is 8.48. The van der Waals surface area contributed by atoms with Gasteiger partial charge in [0.15, 0.2) is 0 Å². The van der Waals surface area contributed by atoms with Crippen LogP contribution in [0.1, 0.15) is 32.7 Å². The number of alkyl halides is 3. The molecule has 0 aliphatic heterocycles. The summed E-state index contributed by atoms with van der Waals surface area (Å²) in [5.74, 6) is -0.637. The number of aromatic nitrogens is 2. The van der Waals surface area contributed by atoms with Crippen molar-refractivity contribution in [2.24, 2.45) is 0 Å². The van der Waals surface area contributed by atoms with Gasteiger partial charge in [-0.3, -0.25) is 9.59 Å². The van der Waals surface area contributed by atoms with E-state index in [0.29, 0.717) is 28.2 Å². The number of nitrogens with two attached hydrogens (primary N) is 1. The van der Waals surface area contributed by atoms with E-state index in [1.165, 1.54) is 18.3 Å². The maximum atomic E-state index is 12.8. The van der Waals surface area contributed by atoms with E-state index < -0.39 is 29.6 Å². The van der Waals surface area contributed by atoms with Crippen LogP contribution in [0.5, 0.6) is 0 Å². The Morgan fingerprint density at radius 1 is 1.09 bits per heavy atom. The number of carbonyl (C=O) groups is 2. The topological polar surface area (TPSA) is 113 Å². The highest BCUT2D eigenvalue weighted by Crippen LogP contribution is 2.29. The number of hydrogen-bond donors (Lipinski definition) is 4. The van der Waals surface area contributed by atoms with Gasteiger partial charge < -0.3 is 21.4 Å². The van der Waals surface area contributed by atoms with E-state index in [2.05, 4.69) is 20.6 Å². The van der Waals surface area contributed by atoms with Crippen LogP contribution in [0.4, 0.5) is 19.0 Å². The fraction of sp³-hybridized carbons (Fsp3) is 0.227. The predicted octanol–water partition coefficient (Wildman–Crippen LogP) is 2.98. The first-order chi connectivity index (χ1) is 15.1. The van der Waals surface area contributed by atoms with Crippen molar-refractivity contribution in [1.82, 2.24) is 20.6 Å². The Morgan fingerprint density at radius 3 is 2.34 bits per heavy atom. The van der Waals surface area contributed by atoms with Crippen LogP contribution in [0.15, 0.2) is 54.9 Å². The van der Waals surface area contributed by atoms with Gasteiger partial charge in [0, 0.05) is 25.4 Å². The number of hydrogen-bond acceptors (Lipinski definition) is 4. The van der Waals surface area contributed by atoms with Crippen molar-refractivity contribution < 1.29 is 22.8 Å². The summed E-state index contributed by atoms with van der Waals surface area (Å²) < 4.78 is 38.5. The van der Waals surface area contributed by atoms with Gasteiger partial charge in [-0.2, -0.15) is 13.2 Å². The number of aryl methyl sites for hydroxylation is 1. The van der Waals surface area contributed by atoms with E-state index in [4.69, 9.17) is 5.73 Å². The molecule has 5 N–H and O–H groups in total. The molecule has 0 saturated heterocycles. The Kier molecular flexibility index (Phi) is 6.82. The van der Waals surface area contributed by atoms with Gasteiger partial charge in [-0.15, -0.1) is 0 Å². The zero-order chi connectivity index (χ0) is 23.3. The van der Waals surface area contributed by atoms with E-state index in [-0.39, 0.29) is 13.0 Å². The molecule has 1 atom stereocenters. The quantitative estimate of drug-likeness (QED) is 0.448. The van der Waals surface area contributed by atoms with Crippen LogP contribution < -0.4 is 16.4 Å². The van der Waals surface area contributed by atoms with Crippen LogP contribution in [0.2, 0.25) is 0 Å². The standard InChI is InChI=1S/C22H22F3N5O2/c1-13-8-9-27-19(13)21(32)30-17(10-14-2-5-16(6-3-14)22(23,24)25)20(31)29-12-15-4-7-18(26)28-11-15/h2-9,11,17,27H,10,12H2,1H3,(H2,26,28)(H,29,31)(H,30,32)/t17-/m0/s1. The summed E-state index contributed by atoms with van der Waals surface area (Å²) in [6.07, 6.45) is -1.33. The molecule has 7 nitrogen and oxygen atoms in total. The molecule has 2 heterocycles. The molecule has 0 radical (unpaired) electrons. The normalized spacial score (nSPS) is 12.2. The average Bonchev–Trinajstić information content (AvgIpc) is 3.18. The molecule has 2 amide bonds. The molecule has 0 unspecified atom stereocenters. The number of pyridine rings is 1. The third-order valence-electron chi connectivity index (χ3n) is 4.84. The number of benzene rings is 1. The molecule has 0 aliphatic rings. The SMILES string of the molecule is Cc1cc[nH]c1C(=O)N[C@@H](Cc1ccc(C(F)(F)F)cc1)C(=O)NCc1ccc(N)nc1. The molecule has 10 heteroatoms. The number of carbonyl (C=O) groups excluding carboxylic acids is 2. The van der Waals surface area contributed by atoms with Crippen molar-refractivity contribution in [3.8, 4) is 0 Å². The van der Waals surface area contributed by atoms with Gasteiger partial charge in [-0.1, -0.05) is 18.2 Å². The molecule has 0 fully saturated rings. The van der Waals surface area contributed by atoms with E-state index in [0.717, 1.165) is 12.1 Å². The van der Waals surface area contributed by atoms with Gasteiger partial charge in [0.2, 0.25) is 5.91 Å². The average molecular weight is 445 g/mol. The fourth-order valence-electron chi connectivity index (χ4n) is 3.05. The number of nitrogen functional groups attached to an aromatic ring is 1. The summed E-state index contributed by atoms with van der Waals surface area (Å²) in [5.41, 5.74) is 6.93. The Bertz CT molecular complexity index is 1080. The molecular formula is C22H22F3N5O2. The van der Waals surface area contributed by atoms with Crippen LogP contribution in [0.25, 0.3) is 0 Å². The molecule has 2 aromatic heterocycles. The number of nitrogens with zero attached hydrogens (tertiary/aromatic N) is 1. The number of aromatic amines is 1. The number of rotatable bonds is 7. The maximum absolute atomic E-state index is 12.8. The van der Waals surface area contributed by atoms with Crippen LogP contribution in [0.3, 0.4) is 0 Å². The summed E-state index contributed by atoms with van der Waals surface area (Å²) in [4.78, 5) is 32.2. The summed E-state index contributed by atoms with van der Waals surface area (Å²) in [5, 5.41) is 5.37. The van der Waals surface area contributed by atoms with Gasteiger partial charge in [-0.05, 0) is 47.9 Å². The van der Waals surface area contributed by atoms with Crippen molar-refractivity contribution in [2.75, 3.05) is 5.73 Å². The lowest BCUT2D eigenvalue weighted by Gasteiger charge is -2.19. The zero-order valence-electron chi connectivity index (χ0n) is 17.2. The Hall–Kier alpha value is -3.82. The minimum Gasteiger partial charge on any atom is -0.384 e. The Balaban J connectivity index is 1.75. The van der Waals surface area contributed by atoms with Crippen molar-refractivity contribution >= 4 is 17.6 Å². The number of H-pyrrole nitrogens is 1. The van der Waals surface area contributed by atoms with Crippen LogP contribution in [0, 0.1) is 6.92 Å². The minimum absolute atomic E-state index is 0.00938. The lowest BCUT2D eigenvalue weighted by Crippen LogP contribution is -2.48. The van der Waals surface area contributed by atoms with Gasteiger partial charge >= 0.3 is 6.18 Å². The molecule has 3 rings (SSSR count). The van der Waals surface area contributed by atoms with Gasteiger partial charge in [0.05, 0.1) is 5.56 Å². The second-order valence-corrected chi connectivity index (χ2v) is 7.27. The second-order valence-electron chi connectivity index (χ2n) is 7.27. The Labute approximate surface area is 182 Å². The largest absolute Gasteiger partial charge is 0.416 e. The summed E-state index contributed by atoms with van der Waals surface area (Å²) in [7, 11) is 0. The smallest absolute Gasteiger partial charge is 0.384 e. The van der Waals surface area contributed by atoms with Gasteiger partial charge in [-0.25, -0.2) is 4.98 Å².